The van der Waals surface area contributed by atoms with Crippen LogP contribution in [0.1, 0.15) is 21.5 Å². The zero-order valence-corrected chi connectivity index (χ0v) is 18.9. The smallest absolute Gasteiger partial charge is 0.545 e. The zero-order valence-electron chi connectivity index (χ0n) is 16.1. The van der Waals surface area contributed by atoms with E-state index in [4.69, 9.17) is 16.3 Å². The van der Waals surface area contributed by atoms with Gasteiger partial charge in [-0.2, -0.15) is 5.10 Å². The molecule has 146 valence electrons. The van der Waals surface area contributed by atoms with Crippen molar-refractivity contribution in [1.29, 1.82) is 0 Å². The van der Waals surface area contributed by atoms with Crippen LogP contribution < -0.4 is 39.4 Å². The van der Waals surface area contributed by atoms with Gasteiger partial charge in [-0.25, -0.2) is 4.39 Å². The summed E-state index contributed by atoms with van der Waals surface area (Å²) in [6.07, 6.45) is 1.46. The molecule has 3 aromatic carbocycles. The fourth-order valence-electron chi connectivity index (χ4n) is 3.15. The van der Waals surface area contributed by atoms with Crippen LogP contribution in [0.25, 0.3) is 10.9 Å². The van der Waals surface area contributed by atoms with Gasteiger partial charge in [0.05, 0.1) is 24.2 Å². The first-order chi connectivity index (χ1) is 14.0. The number of halogens is 2. The third-order valence-electron chi connectivity index (χ3n) is 4.59. The fourth-order valence-corrected chi connectivity index (χ4v) is 3.34. The summed E-state index contributed by atoms with van der Waals surface area (Å²) in [5.74, 6) is -1.19. The van der Waals surface area contributed by atoms with Crippen molar-refractivity contribution in [3.63, 3.8) is 0 Å². The Balaban J connectivity index is 0.00000256. The summed E-state index contributed by atoms with van der Waals surface area (Å²) >= 11 is 6.17. The molecule has 4 rings (SSSR count). The minimum atomic E-state index is -1.27. The molecule has 0 fully saturated rings. The van der Waals surface area contributed by atoms with E-state index in [9.17, 15) is 14.3 Å². The fraction of sp³-hybridized carbons (Fsp3) is 0.0909. The second kappa shape index (κ2) is 9.62. The predicted molar refractivity (Wildman–Crippen MR) is 105 cm³/mol. The molecule has 0 radical (unpaired) electrons. The molecule has 0 saturated carbocycles. The third kappa shape index (κ3) is 4.68. The monoisotopic (exact) mass is 432 g/mol. The van der Waals surface area contributed by atoms with E-state index in [2.05, 4.69) is 5.10 Å². The van der Waals surface area contributed by atoms with E-state index in [-0.39, 0.29) is 48.3 Å². The number of aromatic nitrogens is 2. The number of carboxylic acids is 1. The summed E-state index contributed by atoms with van der Waals surface area (Å²) < 4.78 is 21.4. The molecule has 0 N–H and O–H groups in total. The van der Waals surface area contributed by atoms with Gasteiger partial charge in [0.15, 0.2) is 0 Å². The number of aromatic carboxylic acids is 1. The van der Waals surface area contributed by atoms with Crippen molar-refractivity contribution in [3.8, 4) is 5.75 Å². The number of fused-ring (bicyclic) bond motifs is 1. The van der Waals surface area contributed by atoms with Gasteiger partial charge in [0.25, 0.3) is 0 Å². The maximum atomic E-state index is 13.9. The first-order valence-corrected chi connectivity index (χ1v) is 9.21. The number of benzene rings is 3. The van der Waals surface area contributed by atoms with Crippen molar-refractivity contribution in [2.75, 3.05) is 0 Å². The molecule has 0 aliphatic rings. The van der Waals surface area contributed by atoms with Crippen LogP contribution in [0, 0.1) is 5.82 Å². The molecule has 0 atom stereocenters. The van der Waals surface area contributed by atoms with Crippen LogP contribution in [0.5, 0.6) is 5.75 Å². The van der Waals surface area contributed by atoms with E-state index in [0.29, 0.717) is 27.2 Å². The van der Waals surface area contributed by atoms with Gasteiger partial charge >= 0.3 is 29.6 Å². The summed E-state index contributed by atoms with van der Waals surface area (Å²) in [7, 11) is 0. The molecule has 0 bridgehead atoms. The Morgan fingerprint density at radius 1 is 1.10 bits per heavy atom. The first-order valence-electron chi connectivity index (χ1n) is 8.83. The topological polar surface area (TPSA) is 67.2 Å². The summed E-state index contributed by atoms with van der Waals surface area (Å²) in [5, 5.41) is 16.6. The van der Waals surface area contributed by atoms with Crippen molar-refractivity contribution in [2.45, 2.75) is 13.2 Å². The summed E-state index contributed by atoms with van der Waals surface area (Å²) in [4.78, 5) is 11.3. The summed E-state index contributed by atoms with van der Waals surface area (Å²) in [6.45, 7) is 0.433. The van der Waals surface area contributed by atoms with Gasteiger partial charge in [-0.15, -0.1) is 0 Å². The summed E-state index contributed by atoms with van der Waals surface area (Å²) in [6, 6.07) is 16.4. The molecule has 8 heteroatoms. The van der Waals surface area contributed by atoms with Crippen LogP contribution in [0.15, 0.2) is 66.9 Å². The van der Waals surface area contributed by atoms with E-state index >= 15 is 0 Å². The van der Waals surface area contributed by atoms with Gasteiger partial charge in [-0.05, 0) is 30.3 Å². The van der Waals surface area contributed by atoms with E-state index in [1.54, 1.807) is 28.9 Å². The predicted octanol–water partition coefficient (Wildman–Crippen LogP) is 0.824. The number of carbonyl (C=O) groups excluding carboxylic acids is 1. The third-order valence-corrected chi connectivity index (χ3v) is 4.96. The number of hydrogen-bond acceptors (Lipinski definition) is 4. The maximum Gasteiger partial charge on any atom is 1.00 e. The number of rotatable bonds is 6. The first kappa shape index (κ1) is 22.3. The molecule has 30 heavy (non-hydrogen) atoms. The molecule has 0 aliphatic heterocycles. The van der Waals surface area contributed by atoms with Crippen molar-refractivity contribution < 1.29 is 48.6 Å². The van der Waals surface area contributed by atoms with Crippen LogP contribution in [-0.4, -0.2) is 15.7 Å². The Bertz CT molecular complexity index is 1210. The van der Waals surface area contributed by atoms with E-state index in [1.807, 2.05) is 18.2 Å². The Morgan fingerprint density at radius 2 is 1.90 bits per heavy atom. The van der Waals surface area contributed by atoms with E-state index in [0.717, 1.165) is 5.56 Å². The molecule has 4 aromatic rings. The largest absolute Gasteiger partial charge is 1.00 e. The van der Waals surface area contributed by atoms with Gasteiger partial charge < -0.3 is 14.6 Å². The molecule has 0 saturated heterocycles. The van der Waals surface area contributed by atoms with Crippen molar-refractivity contribution >= 4 is 28.5 Å². The number of hydrogen-bond donors (Lipinski definition) is 0. The van der Waals surface area contributed by atoms with Crippen molar-refractivity contribution in [1.82, 2.24) is 9.78 Å². The quantitative estimate of drug-likeness (QED) is 0.423. The standard InChI is InChI=1S/C22H16ClFN2O3.Na/c23-19-6-2-1-4-14(19)13-29-21-9-8-16(24)10-15(21)12-26-20-7-3-5-17(22(27)28)18(20)11-25-26;/h1-11H,12-13H2,(H,27,28);/q;+1/p-1. The number of nitrogens with zero attached hydrogens (tertiary/aromatic N) is 2. The van der Waals surface area contributed by atoms with Crippen molar-refractivity contribution in [3.05, 3.63) is 94.4 Å². The Morgan fingerprint density at radius 3 is 2.67 bits per heavy atom. The van der Waals surface area contributed by atoms with Crippen LogP contribution >= 0.6 is 11.6 Å². The zero-order chi connectivity index (χ0) is 20.4. The Hall–Kier alpha value is -2.38. The molecule has 0 unspecified atom stereocenters. The van der Waals surface area contributed by atoms with Gasteiger partial charge in [0, 0.05) is 27.1 Å². The minimum absolute atomic E-state index is 0. The minimum Gasteiger partial charge on any atom is -0.545 e. The van der Waals surface area contributed by atoms with Gasteiger partial charge in [-0.3, -0.25) is 4.68 Å². The van der Waals surface area contributed by atoms with Crippen molar-refractivity contribution in [2.24, 2.45) is 0 Å². The van der Waals surface area contributed by atoms with Crippen LogP contribution in [0.3, 0.4) is 0 Å². The summed E-state index contributed by atoms with van der Waals surface area (Å²) in [5.41, 5.74) is 2.05. The van der Waals surface area contributed by atoms with Gasteiger partial charge in [0.1, 0.15) is 18.2 Å². The molecule has 1 heterocycles. The molecule has 0 amide bonds. The average molecular weight is 433 g/mol. The van der Waals surface area contributed by atoms with Gasteiger partial charge in [-0.1, -0.05) is 41.9 Å². The maximum absolute atomic E-state index is 13.9. The molecule has 0 aliphatic carbocycles. The van der Waals surface area contributed by atoms with Crippen LogP contribution in [-0.2, 0) is 13.2 Å². The SMILES string of the molecule is O=C([O-])c1cccc2c1cnn2Cc1cc(F)ccc1OCc1ccccc1Cl.[Na+]. The number of carbonyl (C=O) groups is 1. The van der Waals surface area contributed by atoms with Gasteiger partial charge in [0.2, 0.25) is 0 Å². The van der Waals surface area contributed by atoms with Crippen LogP contribution in [0.4, 0.5) is 4.39 Å². The molecule has 1 aromatic heterocycles. The van der Waals surface area contributed by atoms with Crippen LogP contribution in [0.2, 0.25) is 5.02 Å². The molecular formula is C22H15ClFN2NaO3. The second-order valence-corrected chi connectivity index (χ2v) is 6.87. The van der Waals surface area contributed by atoms with E-state index < -0.39 is 11.8 Å². The average Bonchev–Trinajstić information content (AvgIpc) is 3.11. The Labute approximate surface area is 199 Å². The normalized spacial score (nSPS) is 10.6. The molecule has 0 spiro atoms. The van der Waals surface area contributed by atoms with E-state index in [1.165, 1.54) is 24.4 Å². The molecule has 5 nitrogen and oxygen atoms in total. The number of carboxylic acid groups (broad SMARTS) is 1. The number of ether oxygens (including phenoxy) is 1. The molecular weight excluding hydrogens is 418 g/mol. The Kier molecular flexibility index (Phi) is 7.15. The second-order valence-electron chi connectivity index (χ2n) is 6.46.